The molecule has 0 saturated carbocycles. The molecule has 0 radical (unpaired) electrons. The van der Waals surface area contributed by atoms with Crippen LogP contribution in [0.15, 0.2) is 22.7 Å². The Balaban J connectivity index is 1.88. The van der Waals surface area contributed by atoms with Crippen LogP contribution >= 0.6 is 15.9 Å². The molecule has 0 saturated heterocycles. The van der Waals surface area contributed by atoms with Crippen LogP contribution in [0.25, 0.3) is 0 Å². The molecule has 0 aliphatic heterocycles. The lowest BCUT2D eigenvalue weighted by Gasteiger charge is -2.20. The molecule has 1 nitrogen and oxygen atoms in total. The van der Waals surface area contributed by atoms with Gasteiger partial charge in [0.05, 0.1) is 0 Å². The van der Waals surface area contributed by atoms with E-state index in [2.05, 4.69) is 53.3 Å². The van der Waals surface area contributed by atoms with E-state index in [1.54, 1.807) is 0 Å². The van der Waals surface area contributed by atoms with Gasteiger partial charge in [0.2, 0.25) is 0 Å². The Labute approximate surface area is 126 Å². The zero-order chi connectivity index (χ0) is 13.7. The summed E-state index contributed by atoms with van der Waals surface area (Å²) < 4.78 is 1.21. The summed E-state index contributed by atoms with van der Waals surface area (Å²) in [5, 5.41) is 3.80. The van der Waals surface area contributed by atoms with Gasteiger partial charge in [-0.3, -0.25) is 0 Å². The van der Waals surface area contributed by atoms with Crippen molar-refractivity contribution in [2.45, 2.75) is 58.4 Å². The molecular weight excluding hydrogens is 298 g/mol. The number of hydrogen-bond donors (Lipinski definition) is 1. The highest BCUT2D eigenvalue weighted by Crippen LogP contribution is 2.33. The van der Waals surface area contributed by atoms with E-state index in [0.717, 1.165) is 5.92 Å². The van der Waals surface area contributed by atoms with E-state index in [9.17, 15) is 0 Å². The summed E-state index contributed by atoms with van der Waals surface area (Å²) in [5.74, 6) is 0.847. The molecule has 0 bridgehead atoms. The van der Waals surface area contributed by atoms with Gasteiger partial charge in [0.1, 0.15) is 0 Å². The van der Waals surface area contributed by atoms with E-state index >= 15 is 0 Å². The number of unbranched alkanes of at least 4 members (excludes halogenated alkanes) is 1. The fourth-order valence-corrected chi connectivity index (χ4v) is 3.46. The van der Waals surface area contributed by atoms with Crippen molar-refractivity contribution >= 4 is 15.9 Å². The maximum atomic E-state index is 3.80. The molecule has 2 atom stereocenters. The Morgan fingerprint density at radius 1 is 1.37 bits per heavy atom. The molecule has 2 unspecified atom stereocenters. The quantitative estimate of drug-likeness (QED) is 0.723. The van der Waals surface area contributed by atoms with Crippen LogP contribution in [-0.4, -0.2) is 6.54 Å². The maximum absolute atomic E-state index is 3.80. The molecule has 1 aromatic rings. The van der Waals surface area contributed by atoms with E-state index in [4.69, 9.17) is 0 Å². The van der Waals surface area contributed by atoms with Crippen LogP contribution in [0, 0.1) is 5.92 Å². The lowest BCUT2D eigenvalue weighted by Crippen LogP contribution is -2.26. The van der Waals surface area contributed by atoms with Gasteiger partial charge in [0.25, 0.3) is 0 Å². The summed E-state index contributed by atoms with van der Waals surface area (Å²) in [7, 11) is 0. The summed E-state index contributed by atoms with van der Waals surface area (Å²) in [6, 6.07) is 7.33. The highest BCUT2D eigenvalue weighted by Gasteiger charge is 2.22. The number of rotatable bonds is 7. The molecule has 0 amide bonds. The summed E-state index contributed by atoms with van der Waals surface area (Å²) >= 11 is 3.57. The second kappa shape index (κ2) is 7.44. The van der Waals surface area contributed by atoms with Crippen LogP contribution in [0.1, 0.15) is 63.1 Å². The summed E-state index contributed by atoms with van der Waals surface area (Å²) in [6.07, 6.45) is 7.84. The Morgan fingerprint density at radius 3 is 2.95 bits per heavy atom. The third-order valence-electron chi connectivity index (χ3n) is 4.38. The molecule has 19 heavy (non-hydrogen) atoms. The minimum Gasteiger partial charge on any atom is -0.310 e. The third kappa shape index (κ3) is 4.06. The molecule has 0 fully saturated rings. The molecular formula is C17H26BrN. The van der Waals surface area contributed by atoms with Crippen LogP contribution in [0.2, 0.25) is 0 Å². The van der Waals surface area contributed by atoms with Gasteiger partial charge in [-0.25, -0.2) is 0 Å². The average Bonchev–Trinajstić information content (AvgIpc) is 2.81. The van der Waals surface area contributed by atoms with E-state index in [1.165, 1.54) is 60.7 Å². The van der Waals surface area contributed by atoms with Gasteiger partial charge in [-0.15, -0.1) is 0 Å². The predicted molar refractivity (Wildman–Crippen MR) is 86.5 cm³/mol. The number of fused-ring (bicyclic) bond motifs is 1. The van der Waals surface area contributed by atoms with Gasteiger partial charge in [-0.2, -0.15) is 0 Å². The Bertz CT molecular complexity index is 402. The Kier molecular flexibility index (Phi) is 5.90. The summed E-state index contributed by atoms with van der Waals surface area (Å²) in [6.45, 7) is 5.78. The smallest absolute Gasteiger partial charge is 0.0326 e. The van der Waals surface area contributed by atoms with Crippen LogP contribution in [-0.2, 0) is 6.42 Å². The van der Waals surface area contributed by atoms with Gasteiger partial charge >= 0.3 is 0 Å². The molecule has 2 heteroatoms. The molecule has 1 aromatic carbocycles. The van der Waals surface area contributed by atoms with Crippen molar-refractivity contribution < 1.29 is 0 Å². The predicted octanol–water partition coefficient (Wildman–Crippen LogP) is 5.24. The molecule has 1 aliphatic rings. The molecule has 1 N–H and O–H groups in total. The molecule has 1 aliphatic carbocycles. The highest BCUT2D eigenvalue weighted by atomic mass is 79.9. The number of nitrogens with one attached hydrogen (secondary N) is 1. The Hall–Kier alpha value is -0.340. The van der Waals surface area contributed by atoms with Gasteiger partial charge in [-0.1, -0.05) is 55.1 Å². The van der Waals surface area contributed by atoms with Crippen molar-refractivity contribution in [1.29, 1.82) is 0 Å². The molecule has 106 valence electrons. The maximum Gasteiger partial charge on any atom is 0.0326 e. The second-order valence-corrected chi connectivity index (χ2v) is 6.67. The minimum atomic E-state index is 0.582. The molecule has 2 rings (SSSR count). The van der Waals surface area contributed by atoms with Crippen molar-refractivity contribution in [3.63, 3.8) is 0 Å². The minimum absolute atomic E-state index is 0.582. The highest BCUT2D eigenvalue weighted by molar-refractivity contribution is 9.10. The first-order valence-corrected chi connectivity index (χ1v) is 8.55. The van der Waals surface area contributed by atoms with Crippen molar-refractivity contribution in [3.8, 4) is 0 Å². The van der Waals surface area contributed by atoms with Gasteiger partial charge in [-0.05, 0) is 55.0 Å². The zero-order valence-electron chi connectivity index (χ0n) is 12.2. The first-order valence-electron chi connectivity index (χ1n) is 7.76. The number of benzene rings is 1. The SMILES string of the molecule is CCCCC(CC)CNC1CCc2cc(Br)ccc21. The lowest BCUT2D eigenvalue weighted by molar-refractivity contribution is 0.389. The van der Waals surface area contributed by atoms with Crippen LogP contribution < -0.4 is 5.32 Å². The second-order valence-electron chi connectivity index (χ2n) is 5.76. The lowest BCUT2D eigenvalue weighted by atomic mass is 9.98. The van der Waals surface area contributed by atoms with E-state index in [1.807, 2.05) is 0 Å². The van der Waals surface area contributed by atoms with E-state index < -0.39 is 0 Å². The van der Waals surface area contributed by atoms with E-state index in [-0.39, 0.29) is 0 Å². The van der Waals surface area contributed by atoms with Gasteiger partial charge < -0.3 is 5.32 Å². The van der Waals surface area contributed by atoms with Crippen LogP contribution in [0.4, 0.5) is 0 Å². The van der Waals surface area contributed by atoms with Crippen molar-refractivity contribution in [3.05, 3.63) is 33.8 Å². The summed E-state index contributed by atoms with van der Waals surface area (Å²) in [4.78, 5) is 0. The first-order chi connectivity index (χ1) is 9.24. The average molecular weight is 324 g/mol. The topological polar surface area (TPSA) is 12.0 Å². The normalized spacial score (nSPS) is 19.4. The van der Waals surface area contributed by atoms with E-state index in [0.29, 0.717) is 6.04 Å². The molecule has 0 aromatic heterocycles. The standard InChI is InChI=1S/C17H26BrN/c1-3-5-6-13(4-2)12-19-17-10-7-14-11-15(18)8-9-16(14)17/h8-9,11,13,17,19H,3-7,10,12H2,1-2H3. The molecule has 0 spiro atoms. The fraction of sp³-hybridized carbons (Fsp3) is 0.647. The monoisotopic (exact) mass is 323 g/mol. The van der Waals surface area contributed by atoms with Crippen molar-refractivity contribution in [2.24, 2.45) is 5.92 Å². The van der Waals surface area contributed by atoms with Crippen LogP contribution in [0.3, 0.4) is 0 Å². The number of aryl methyl sites for hydroxylation is 1. The fourth-order valence-electron chi connectivity index (χ4n) is 3.05. The number of hydrogen-bond acceptors (Lipinski definition) is 1. The summed E-state index contributed by atoms with van der Waals surface area (Å²) in [5.41, 5.74) is 3.04. The van der Waals surface area contributed by atoms with Gasteiger partial charge in [0, 0.05) is 10.5 Å². The largest absolute Gasteiger partial charge is 0.310 e. The first kappa shape index (κ1) is 15.1. The molecule has 0 heterocycles. The third-order valence-corrected chi connectivity index (χ3v) is 4.87. The Morgan fingerprint density at radius 2 is 2.21 bits per heavy atom. The van der Waals surface area contributed by atoms with Gasteiger partial charge in [0.15, 0.2) is 0 Å². The number of halogens is 1. The van der Waals surface area contributed by atoms with Crippen molar-refractivity contribution in [2.75, 3.05) is 6.54 Å². The van der Waals surface area contributed by atoms with Crippen molar-refractivity contribution in [1.82, 2.24) is 5.32 Å². The van der Waals surface area contributed by atoms with Crippen LogP contribution in [0.5, 0.6) is 0 Å². The zero-order valence-corrected chi connectivity index (χ0v) is 13.8.